The molecule has 2 heterocycles. The van der Waals surface area contributed by atoms with Gasteiger partial charge in [0.15, 0.2) is 0 Å². The van der Waals surface area contributed by atoms with Crippen LogP contribution in [0, 0.1) is 0 Å². The summed E-state index contributed by atoms with van der Waals surface area (Å²) >= 11 is 0. The molecule has 6 heteroatoms. The Morgan fingerprint density at radius 1 is 0.618 bits per heavy atom. The normalized spacial score (nSPS) is 12.1. The van der Waals surface area contributed by atoms with Crippen molar-refractivity contribution in [1.82, 2.24) is 0 Å². The van der Waals surface area contributed by atoms with E-state index < -0.39 is 0 Å². The van der Waals surface area contributed by atoms with Gasteiger partial charge in [-0.25, -0.2) is 0 Å². The molecule has 6 nitrogen and oxygen atoms in total. The Hall–Kier alpha value is -4.06. The van der Waals surface area contributed by atoms with Crippen molar-refractivity contribution in [1.29, 1.82) is 0 Å². The van der Waals surface area contributed by atoms with Crippen LogP contribution in [0.5, 0.6) is 0 Å². The van der Waals surface area contributed by atoms with E-state index in [1.807, 2.05) is 100 Å². The van der Waals surface area contributed by atoms with E-state index in [2.05, 4.69) is 14.4 Å². The van der Waals surface area contributed by atoms with E-state index in [1.165, 1.54) is 0 Å². The number of aliphatic imine (C=N–C) groups is 2. The molecule has 0 radical (unpaired) electrons. The zero-order valence-electron chi connectivity index (χ0n) is 20.1. The summed E-state index contributed by atoms with van der Waals surface area (Å²) in [7, 11) is 0. The summed E-state index contributed by atoms with van der Waals surface area (Å²) < 4.78 is 10.6. The molecule has 0 saturated heterocycles. The van der Waals surface area contributed by atoms with Crippen LogP contribution in [0.15, 0.2) is 104 Å². The van der Waals surface area contributed by atoms with Crippen molar-refractivity contribution in [3.8, 4) is 22.6 Å². The SMILES string of the molecule is CC(C)N=C(N)c1ccc(-c2ccc(-c3ccc(C(N)=NC(C)C)cc3)o2)cc1.c1ccoc1. The molecule has 4 aromatic rings. The van der Waals surface area contributed by atoms with Crippen LogP contribution in [-0.4, -0.2) is 23.8 Å². The number of amidine groups is 2. The third kappa shape index (κ3) is 6.97. The molecule has 4 rings (SSSR count). The monoisotopic (exact) mass is 456 g/mol. The second kappa shape index (κ2) is 11.7. The van der Waals surface area contributed by atoms with Crippen molar-refractivity contribution < 1.29 is 8.83 Å². The van der Waals surface area contributed by atoms with Crippen LogP contribution in [0.3, 0.4) is 0 Å². The van der Waals surface area contributed by atoms with E-state index in [9.17, 15) is 0 Å². The van der Waals surface area contributed by atoms with Crippen LogP contribution in [0.1, 0.15) is 38.8 Å². The number of nitrogens with zero attached hydrogens (tertiary/aromatic N) is 2. The molecular weight excluding hydrogens is 424 g/mol. The summed E-state index contributed by atoms with van der Waals surface area (Å²) in [6, 6.07) is 23.8. The number of benzene rings is 2. The lowest BCUT2D eigenvalue weighted by molar-refractivity contribution is 0.567. The first-order valence-electron chi connectivity index (χ1n) is 11.3. The molecule has 0 aliphatic heterocycles. The Bertz CT molecular complexity index is 1100. The molecule has 4 N–H and O–H groups in total. The van der Waals surface area contributed by atoms with Crippen LogP contribution in [0.2, 0.25) is 0 Å². The lowest BCUT2D eigenvalue weighted by Gasteiger charge is -2.05. The zero-order valence-corrected chi connectivity index (χ0v) is 20.1. The zero-order chi connectivity index (χ0) is 24.5. The van der Waals surface area contributed by atoms with Crippen LogP contribution in [0.25, 0.3) is 22.6 Å². The lowest BCUT2D eigenvalue weighted by Crippen LogP contribution is -2.15. The summed E-state index contributed by atoms with van der Waals surface area (Å²) in [5.74, 6) is 2.70. The largest absolute Gasteiger partial charge is 0.473 e. The second-order valence-corrected chi connectivity index (χ2v) is 8.33. The summed E-state index contributed by atoms with van der Waals surface area (Å²) in [4.78, 5) is 8.77. The Kier molecular flexibility index (Phi) is 8.46. The van der Waals surface area contributed by atoms with Crippen molar-refractivity contribution >= 4 is 11.7 Å². The van der Waals surface area contributed by atoms with Crippen LogP contribution in [-0.2, 0) is 0 Å². The standard InChI is InChI=1S/C24H28N4O.C4H4O/c1-15(2)27-23(25)19-9-5-17(6-10-19)21-13-14-22(29-21)18-7-11-20(12-8-18)24(26)28-16(3)4;1-2-4-5-3-1/h5-16H,1-4H3,(H2,25,27)(H2,26,28);1-4H. The summed E-state index contributed by atoms with van der Waals surface area (Å²) in [6.07, 6.45) is 3.25. The molecule has 2 aromatic carbocycles. The first kappa shape index (κ1) is 24.6. The molecular formula is C28H32N4O2. The van der Waals surface area contributed by atoms with E-state index in [4.69, 9.17) is 15.9 Å². The summed E-state index contributed by atoms with van der Waals surface area (Å²) in [6.45, 7) is 8.01. The maximum absolute atomic E-state index is 6.06. The minimum Gasteiger partial charge on any atom is -0.473 e. The van der Waals surface area contributed by atoms with Gasteiger partial charge in [-0.2, -0.15) is 0 Å². The molecule has 176 valence electrons. The molecule has 0 saturated carbocycles. The van der Waals surface area contributed by atoms with Crippen molar-refractivity contribution in [2.45, 2.75) is 39.8 Å². The van der Waals surface area contributed by atoms with Gasteiger partial charge in [0, 0.05) is 34.3 Å². The molecule has 0 spiro atoms. The first-order valence-corrected chi connectivity index (χ1v) is 11.3. The van der Waals surface area contributed by atoms with E-state index >= 15 is 0 Å². The average Bonchev–Trinajstić information content (AvgIpc) is 3.54. The molecule has 0 aliphatic rings. The van der Waals surface area contributed by atoms with Gasteiger partial charge in [0.05, 0.1) is 12.5 Å². The van der Waals surface area contributed by atoms with E-state index in [1.54, 1.807) is 12.5 Å². The molecule has 34 heavy (non-hydrogen) atoms. The highest BCUT2D eigenvalue weighted by Crippen LogP contribution is 2.29. The van der Waals surface area contributed by atoms with Gasteiger partial charge >= 0.3 is 0 Å². The molecule has 0 atom stereocenters. The number of furan rings is 2. The molecule has 0 aliphatic carbocycles. The predicted molar refractivity (Wildman–Crippen MR) is 140 cm³/mol. The van der Waals surface area contributed by atoms with E-state index in [-0.39, 0.29) is 12.1 Å². The van der Waals surface area contributed by atoms with Crippen LogP contribution < -0.4 is 11.5 Å². The van der Waals surface area contributed by atoms with Gasteiger partial charge in [-0.3, -0.25) is 9.98 Å². The fourth-order valence-electron chi connectivity index (χ4n) is 3.19. The second-order valence-electron chi connectivity index (χ2n) is 8.33. The number of rotatable bonds is 6. The van der Waals surface area contributed by atoms with Crippen molar-refractivity contribution in [2.24, 2.45) is 21.5 Å². The quantitative estimate of drug-likeness (QED) is 0.269. The minimum atomic E-state index is 0.167. The maximum Gasteiger partial charge on any atom is 0.134 e. The predicted octanol–water partition coefficient (Wildman–Crippen LogP) is 6.12. The molecule has 0 bridgehead atoms. The van der Waals surface area contributed by atoms with Gasteiger partial charge < -0.3 is 20.3 Å². The lowest BCUT2D eigenvalue weighted by atomic mass is 10.1. The average molecular weight is 457 g/mol. The Morgan fingerprint density at radius 2 is 1.00 bits per heavy atom. The van der Waals surface area contributed by atoms with E-state index in [0.717, 1.165) is 33.8 Å². The molecule has 0 unspecified atom stereocenters. The molecule has 0 amide bonds. The van der Waals surface area contributed by atoms with E-state index in [0.29, 0.717) is 11.7 Å². The summed E-state index contributed by atoms with van der Waals surface area (Å²) in [5.41, 5.74) is 15.9. The Labute approximate surface area is 201 Å². The Balaban J connectivity index is 0.000000574. The van der Waals surface area contributed by atoms with Gasteiger partial charge in [0.25, 0.3) is 0 Å². The first-order chi connectivity index (χ1) is 16.3. The third-order valence-corrected chi connectivity index (χ3v) is 4.76. The van der Waals surface area contributed by atoms with Gasteiger partial charge in [-0.15, -0.1) is 0 Å². The third-order valence-electron chi connectivity index (χ3n) is 4.76. The van der Waals surface area contributed by atoms with Gasteiger partial charge in [0.1, 0.15) is 23.2 Å². The molecule has 0 fully saturated rings. The summed E-state index contributed by atoms with van der Waals surface area (Å²) in [5, 5.41) is 0. The highest BCUT2D eigenvalue weighted by atomic mass is 16.3. The minimum absolute atomic E-state index is 0.167. The smallest absolute Gasteiger partial charge is 0.134 e. The van der Waals surface area contributed by atoms with Gasteiger partial charge in [-0.1, -0.05) is 48.5 Å². The topological polar surface area (TPSA) is 103 Å². The van der Waals surface area contributed by atoms with Crippen LogP contribution >= 0.6 is 0 Å². The maximum atomic E-state index is 6.06. The fourth-order valence-corrected chi connectivity index (χ4v) is 3.19. The highest BCUT2D eigenvalue weighted by Gasteiger charge is 2.09. The fraction of sp³-hybridized carbons (Fsp3) is 0.214. The van der Waals surface area contributed by atoms with Crippen molar-refractivity contribution in [3.05, 3.63) is 96.4 Å². The van der Waals surface area contributed by atoms with Gasteiger partial charge in [-0.05, 0) is 52.0 Å². The molecule has 2 aromatic heterocycles. The van der Waals surface area contributed by atoms with Crippen molar-refractivity contribution in [2.75, 3.05) is 0 Å². The Morgan fingerprint density at radius 3 is 1.29 bits per heavy atom. The van der Waals surface area contributed by atoms with Crippen LogP contribution in [0.4, 0.5) is 0 Å². The number of hydrogen-bond acceptors (Lipinski definition) is 4. The number of nitrogens with two attached hydrogens (primary N) is 2. The van der Waals surface area contributed by atoms with Gasteiger partial charge in [0.2, 0.25) is 0 Å². The number of hydrogen-bond donors (Lipinski definition) is 2. The van der Waals surface area contributed by atoms with Crippen molar-refractivity contribution in [3.63, 3.8) is 0 Å². The highest BCUT2D eigenvalue weighted by molar-refractivity contribution is 5.98.